The fraction of sp³-hybridized carbons (Fsp3) is 0.500. The lowest BCUT2D eigenvalue weighted by atomic mass is 9.78. The average Bonchev–Trinajstić information content (AvgIpc) is 2.43. The molecule has 0 spiro atoms. The van der Waals surface area contributed by atoms with Crippen molar-refractivity contribution in [3.63, 3.8) is 0 Å². The van der Waals surface area contributed by atoms with Gasteiger partial charge in [0.25, 0.3) is 0 Å². The average molecular weight is 274 g/mol. The summed E-state index contributed by atoms with van der Waals surface area (Å²) in [5.41, 5.74) is 2.76. The lowest BCUT2D eigenvalue weighted by Crippen LogP contribution is -2.42. The van der Waals surface area contributed by atoms with Crippen molar-refractivity contribution >= 4 is 17.6 Å². The summed E-state index contributed by atoms with van der Waals surface area (Å²) in [7, 11) is 0. The number of para-hydroxylation sites is 1. The van der Waals surface area contributed by atoms with Crippen LogP contribution in [-0.4, -0.2) is 11.9 Å². The molecule has 1 fully saturated rings. The monoisotopic (exact) mass is 274 g/mol. The van der Waals surface area contributed by atoms with Crippen LogP contribution in [0.2, 0.25) is 0 Å². The largest absolute Gasteiger partial charge is 0.550 e. The van der Waals surface area contributed by atoms with Gasteiger partial charge in [0.05, 0.1) is 0 Å². The summed E-state index contributed by atoms with van der Waals surface area (Å²) >= 11 is 0. The van der Waals surface area contributed by atoms with Crippen molar-refractivity contribution in [3.8, 4) is 0 Å². The van der Waals surface area contributed by atoms with E-state index in [1.807, 2.05) is 32.0 Å². The second kappa shape index (κ2) is 6.07. The van der Waals surface area contributed by atoms with E-state index >= 15 is 0 Å². The number of nitrogens with one attached hydrogen (secondary N) is 1. The minimum atomic E-state index is -1.11. The summed E-state index contributed by atoms with van der Waals surface area (Å²) in [4.78, 5) is 23.5. The Morgan fingerprint density at radius 1 is 1.10 bits per heavy atom. The van der Waals surface area contributed by atoms with E-state index in [9.17, 15) is 14.7 Å². The highest BCUT2D eigenvalue weighted by molar-refractivity contribution is 5.96. The van der Waals surface area contributed by atoms with Gasteiger partial charge in [-0.15, -0.1) is 0 Å². The van der Waals surface area contributed by atoms with Gasteiger partial charge in [0.2, 0.25) is 5.91 Å². The van der Waals surface area contributed by atoms with E-state index in [0.29, 0.717) is 12.8 Å². The van der Waals surface area contributed by atoms with E-state index in [2.05, 4.69) is 5.32 Å². The molecule has 0 saturated heterocycles. The second-order valence-electron chi connectivity index (χ2n) is 5.57. The van der Waals surface area contributed by atoms with E-state index in [1.165, 1.54) is 0 Å². The third kappa shape index (κ3) is 3.00. The van der Waals surface area contributed by atoms with E-state index < -0.39 is 17.8 Å². The summed E-state index contributed by atoms with van der Waals surface area (Å²) in [6.07, 6.45) is 2.91. The van der Waals surface area contributed by atoms with Crippen LogP contribution in [-0.2, 0) is 9.59 Å². The Balaban J connectivity index is 2.16. The van der Waals surface area contributed by atoms with Crippen LogP contribution in [0.4, 0.5) is 5.69 Å². The quantitative estimate of drug-likeness (QED) is 0.913. The van der Waals surface area contributed by atoms with Gasteiger partial charge in [0.15, 0.2) is 0 Å². The number of carbonyl (C=O) groups is 2. The van der Waals surface area contributed by atoms with Gasteiger partial charge in [0.1, 0.15) is 0 Å². The van der Waals surface area contributed by atoms with Crippen molar-refractivity contribution in [2.24, 2.45) is 11.8 Å². The Morgan fingerprint density at radius 3 is 2.20 bits per heavy atom. The molecular weight excluding hydrogens is 254 g/mol. The van der Waals surface area contributed by atoms with Gasteiger partial charge < -0.3 is 15.2 Å². The molecule has 4 nitrogen and oxygen atoms in total. The molecule has 20 heavy (non-hydrogen) atoms. The maximum absolute atomic E-state index is 12.4. The summed E-state index contributed by atoms with van der Waals surface area (Å²) in [6, 6.07) is 5.80. The maximum atomic E-state index is 12.4. The van der Waals surface area contributed by atoms with Crippen LogP contribution in [0.1, 0.15) is 36.8 Å². The van der Waals surface area contributed by atoms with Crippen molar-refractivity contribution in [3.05, 3.63) is 29.3 Å². The summed E-state index contributed by atoms with van der Waals surface area (Å²) < 4.78 is 0. The number of anilines is 1. The maximum Gasteiger partial charge on any atom is 0.228 e. The molecule has 2 rings (SSSR count). The first kappa shape index (κ1) is 14.6. The highest BCUT2D eigenvalue weighted by Gasteiger charge is 2.32. The first-order valence-corrected chi connectivity index (χ1v) is 7.08. The molecule has 1 N–H and O–H groups in total. The topological polar surface area (TPSA) is 69.2 Å². The van der Waals surface area contributed by atoms with Crippen LogP contribution in [0.5, 0.6) is 0 Å². The summed E-state index contributed by atoms with van der Waals surface area (Å²) in [5, 5.41) is 14.1. The van der Waals surface area contributed by atoms with Crippen LogP contribution in [0.15, 0.2) is 18.2 Å². The second-order valence-corrected chi connectivity index (χ2v) is 5.57. The fourth-order valence-corrected chi connectivity index (χ4v) is 2.95. The molecule has 0 heterocycles. The molecule has 108 valence electrons. The zero-order valence-electron chi connectivity index (χ0n) is 11.9. The molecule has 1 aromatic carbocycles. The Morgan fingerprint density at radius 2 is 1.65 bits per heavy atom. The van der Waals surface area contributed by atoms with Gasteiger partial charge in [0, 0.05) is 23.5 Å². The summed E-state index contributed by atoms with van der Waals surface area (Å²) in [6.45, 7) is 3.86. The SMILES string of the molecule is Cc1cccc(C)c1NC(=O)[C@H]1CCCC[C@H]1C(=O)[O-]. The predicted octanol–water partition coefficient (Wildman–Crippen LogP) is 1.80. The predicted molar refractivity (Wildman–Crippen MR) is 75.0 cm³/mol. The molecule has 0 radical (unpaired) electrons. The van der Waals surface area contributed by atoms with Crippen LogP contribution in [0, 0.1) is 25.7 Å². The number of hydrogen-bond acceptors (Lipinski definition) is 3. The Labute approximate surface area is 119 Å². The molecule has 0 aromatic heterocycles. The van der Waals surface area contributed by atoms with Gasteiger partial charge in [-0.25, -0.2) is 0 Å². The number of carboxylic acid groups (broad SMARTS) is 1. The molecule has 0 unspecified atom stereocenters. The molecule has 0 bridgehead atoms. The zero-order valence-corrected chi connectivity index (χ0v) is 11.9. The first-order chi connectivity index (χ1) is 9.50. The highest BCUT2D eigenvalue weighted by atomic mass is 16.4. The standard InChI is InChI=1S/C16H21NO3/c1-10-6-5-7-11(2)14(10)17-15(18)12-8-3-4-9-13(12)16(19)20/h5-7,12-13H,3-4,8-9H2,1-2H3,(H,17,18)(H,19,20)/p-1/t12-,13+/m0/s1. The molecule has 2 atom stereocenters. The van der Waals surface area contributed by atoms with Crippen molar-refractivity contribution < 1.29 is 14.7 Å². The molecule has 1 aromatic rings. The molecule has 4 heteroatoms. The molecule has 1 aliphatic carbocycles. The van der Waals surface area contributed by atoms with E-state index in [0.717, 1.165) is 29.7 Å². The number of carboxylic acids is 1. The first-order valence-electron chi connectivity index (χ1n) is 7.08. The third-order valence-corrected chi connectivity index (χ3v) is 4.13. The normalized spacial score (nSPS) is 22.3. The fourth-order valence-electron chi connectivity index (χ4n) is 2.95. The minimum Gasteiger partial charge on any atom is -0.550 e. The van der Waals surface area contributed by atoms with Gasteiger partial charge >= 0.3 is 0 Å². The van der Waals surface area contributed by atoms with Gasteiger partial charge in [-0.3, -0.25) is 4.79 Å². The number of benzene rings is 1. The summed E-state index contributed by atoms with van der Waals surface area (Å²) in [5.74, 6) is -2.44. The van der Waals surface area contributed by atoms with Crippen LogP contribution in [0.25, 0.3) is 0 Å². The van der Waals surface area contributed by atoms with E-state index in [4.69, 9.17) is 0 Å². The molecule has 0 aliphatic heterocycles. The number of aliphatic carboxylic acids is 1. The van der Waals surface area contributed by atoms with Crippen LogP contribution >= 0.6 is 0 Å². The Hall–Kier alpha value is -1.84. The van der Waals surface area contributed by atoms with Crippen LogP contribution < -0.4 is 10.4 Å². The van der Waals surface area contributed by atoms with Crippen molar-refractivity contribution in [1.82, 2.24) is 0 Å². The Bertz CT molecular complexity index is 504. The van der Waals surface area contributed by atoms with Gasteiger partial charge in [-0.2, -0.15) is 0 Å². The van der Waals surface area contributed by atoms with E-state index in [1.54, 1.807) is 0 Å². The lowest BCUT2D eigenvalue weighted by Gasteiger charge is -2.31. The van der Waals surface area contributed by atoms with Crippen molar-refractivity contribution in [2.45, 2.75) is 39.5 Å². The number of amides is 1. The molecule has 1 aliphatic rings. The van der Waals surface area contributed by atoms with E-state index in [-0.39, 0.29) is 5.91 Å². The number of hydrogen-bond donors (Lipinski definition) is 1. The highest BCUT2D eigenvalue weighted by Crippen LogP contribution is 2.31. The minimum absolute atomic E-state index is 0.198. The van der Waals surface area contributed by atoms with Crippen molar-refractivity contribution in [1.29, 1.82) is 0 Å². The number of aryl methyl sites for hydroxylation is 2. The van der Waals surface area contributed by atoms with Gasteiger partial charge in [-0.1, -0.05) is 31.0 Å². The molecule has 1 amide bonds. The third-order valence-electron chi connectivity index (χ3n) is 4.13. The van der Waals surface area contributed by atoms with Crippen molar-refractivity contribution in [2.75, 3.05) is 5.32 Å². The molecular formula is C16H20NO3-. The smallest absolute Gasteiger partial charge is 0.228 e. The number of carbonyl (C=O) groups excluding carboxylic acids is 2. The Kier molecular flexibility index (Phi) is 4.42. The van der Waals surface area contributed by atoms with Gasteiger partial charge in [-0.05, 0) is 37.8 Å². The number of rotatable bonds is 3. The molecule has 1 saturated carbocycles. The zero-order chi connectivity index (χ0) is 14.7. The lowest BCUT2D eigenvalue weighted by molar-refractivity contribution is -0.313. The van der Waals surface area contributed by atoms with Crippen LogP contribution in [0.3, 0.4) is 0 Å².